The van der Waals surface area contributed by atoms with Crippen LogP contribution < -0.4 is 4.90 Å². The van der Waals surface area contributed by atoms with Crippen LogP contribution in [0, 0.1) is 13.8 Å². The average Bonchev–Trinajstić information content (AvgIpc) is 3.36. The number of rotatable bonds is 8. The number of fused-ring (bicyclic) bond motifs is 1. The van der Waals surface area contributed by atoms with Crippen molar-refractivity contribution in [3.8, 4) is 0 Å². The molecule has 0 spiro atoms. The third kappa shape index (κ3) is 5.14. The monoisotopic (exact) mass is 478 g/mol. The van der Waals surface area contributed by atoms with E-state index in [2.05, 4.69) is 50.1 Å². The molecule has 2 aromatic carbocycles. The Kier molecular flexibility index (Phi) is 7.20. The molecule has 0 bridgehead atoms. The third-order valence-electron chi connectivity index (χ3n) is 5.59. The van der Waals surface area contributed by atoms with E-state index in [1.54, 1.807) is 23.1 Å². The molecule has 5 nitrogen and oxygen atoms in total. The first-order valence-corrected chi connectivity index (χ1v) is 13.1. The maximum Gasteiger partial charge on any atom is 0.260 e. The summed E-state index contributed by atoms with van der Waals surface area (Å²) in [5, 5.41) is 5.31. The number of hydrogen-bond donors (Lipinski definition) is 0. The molecule has 4 aromatic rings. The van der Waals surface area contributed by atoms with E-state index in [0.717, 1.165) is 32.5 Å². The fraction of sp³-hybridized carbons (Fsp3) is 0.346. The Morgan fingerprint density at radius 2 is 1.91 bits per heavy atom. The van der Waals surface area contributed by atoms with Gasteiger partial charge in [0.25, 0.3) is 5.91 Å². The SMILES string of the molecule is CCSc1ccc(C(=O)N(CCn2nc(C)cc2C)c2nc3c(C(C)C)cccc3s2)cc1. The standard InChI is InChI=1S/C26H30N4OS2/c1-6-32-21-12-10-20(11-13-21)25(31)29(14-15-30-19(5)16-18(4)28-30)26-27-24-22(17(2)3)8-7-9-23(24)33-26/h7-13,16-17H,6,14-15H2,1-5H3. The zero-order chi connectivity index (χ0) is 23.5. The molecule has 0 unspecified atom stereocenters. The molecule has 0 aliphatic carbocycles. The van der Waals surface area contributed by atoms with Crippen molar-refractivity contribution >= 4 is 44.4 Å². The van der Waals surface area contributed by atoms with Gasteiger partial charge in [-0.3, -0.25) is 14.4 Å². The van der Waals surface area contributed by atoms with E-state index >= 15 is 0 Å². The summed E-state index contributed by atoms with van der Waals surface area (Å²) in [5.41, 5.74) is 4.95. The van der Waals surface area contributed by atoms with Gasteiger partial charge in [0.1, 0.15) is 0 Å². The lowest BCUT2D eigenvalue weighted by Gasteiger charge is -2.20. The van der Waals surface area contributed by atoms with Crippen molar-refractivity contribution in [1.82, 2.24) is 14.8 Å². The van der Waals surface area contributed by atoms with Gasteiger partial charge < -0.3 is 0 Å². The van der Waals surface area contributed by atoms with E-state index in [1.807, 2.05) is 47.7 Å². The van der Waals surface area contributed by atoms with Gasteiger partial charge in [0.2, 0.25) is 0 Å². The highest BCUT2D eigenvalue weighted by Crippen LogP contribution is 2.34. The van der Waals surface area contributed by atoms with Crippen LogP contribution in [0.4, 0.5) is 5.13 Å². The lowest BCUT2D eigenvalue weighted by atomic mass is 10.0. The fourth-order valence-electron chi connectivity index (χ4n) is 3.94. The quantitative estimate of drug-likeness (QED) is 0.265. The number of amides is 1. The van der Waals surface area contributed by atoms with Gasteiger partial charge in [0.05, 0.1) is 22.5 Å². The highest BCUT2D eigenvalue weighted by atomic mass is 32.2. The van der Waals surface area contributed by atoms with Crippen molar-refractivity contribution < 1.29 is 4.79 Å². The van der Waals surface area contributed by atoms with Gasteiger partial charge in [-0.15, -0.1) is 11.8 Å². The van der Waals surface area contributed by atoms with Crippen LogP contribution in [0.1, 0.15) is 54.0 Å². The molecule has 1 amide bonds. The summed E-state index contributed by atoms with van der Waals surface area (Å²) in [6.45, 7) is 11.6. The molecule has 0 fully saturated rings. The lowest BCUT2D eigenvalue weighted by molar-refractivity contribution is 0.0985. The van der Waals surface area contributed by atoms with Crippen LogP contribution in [-0.4, -0.2) is 33.0 Å². The maximum absolute atomic E-state index is 13.7. The molecular formula is C26H30N4OS2. The van der Waals surface area contributed by atoms with Crippen molar-refractivity contribution in [2.24, 2.45) is 0 Å². The number of hydrogen-bond acceptors (Lipinski definition) is 5. The zero-order valence-corrected chi connectivity index (χ0v) is 21.5. The molecule has 0 aliphatic rings. The second-order valence-corrected chi connectivity index (χ2v) is 10.8. The molecule has 0 aliphatic heterocycles. The summed E-state index contributed by atoms with van der Waals surface area (Å²) in [6, 6.07) is 16.2. The van der Waals surface area contributed by atoms with E-state index in [4.69, 9.17) is 4.98 Å². The van der Waals surface area contributed by atoms with Crippen molar-refractivity contribution in [2.75, 3.05) is 17.2 Å². The van der Waals surface area contributed by atoms with Crippen molar-refractivity contribution in [3.63, 3.8) is 0 Å². The number of thioether (sulfide) groups is 1. The predicted octanol–water partition coefficient (Wildman–Crippen LogP) is 6.69. The fourth-order valence-corrected chi connectivity index (χ4v) is 5.62. The number of aryl methyl sites for hydroxylation is 2. The summed E-state index contributed by atoms with van der Waals surface area (Å²) in [4.78, 5) is 21.6. The number of thiazole rings is 1. The average molecular weight is 479 g/mol. The minimum atomic E-state index is -0.0327. The third-order valence-corrected chi connectivity index (χ3v) is 7.53. The van der Waals surface area contributed by atoms with Crippen molar-refractivity contribution in [1.29, 1.82) is 0 Å². The van der Waals surface area contributed by atoms with Gasteiger partial charge >= 0.3 is 0 Å². The predicted molar refractivity (Wildman–Crippen MR) is 140 cm³/mol. The van der Waals surface area contributed by atoms with Gasteiger partial charge in [-0.25, -0.2) is 4.98 Å². The molecule has 33 heavy (non-hydrogen) atoms. The largest absolute Gasteiger partial charge is 0.282 e. The van der Waals surface area contributed by atoms with Crippen LogP contribution >= 0.6 is 23.1 Å². The Bertz CT molecular complexity index is 1260. The van der Waals surface area contributed by atoms with Crippen LogP contribution in [-0.2, 0) is 6.54 Å². The van der Waals surface area contributed by atoms with E-state index in [-0.39, 0.29) is 5.91 Å². The Morgan fingerprint density at radius 3 is 2.55 bits per heavy atom. The minimum absolute atomic E-state index is 0.0327. The Morgan fingerprint density at radius 1 is 1.15 bits per heavy atom. The van der Waals surface area contributed by atoms with Crippen LogP contribution in [0.3, 0.4) is 0 Å². The number of nitrogens with zero attached hydrogens (tertiary/aromatic N) is 4. The molecule has 0 saturated carbocycles. The van der Waals surface area contributed by atoms with Gasteiger partial charge in [-0.05, 0) is 67.5 Å². The molecule has 0 N–H and O–H groups in total. The number of anilines is 1. The molecule has 2 heterocycles. The summed E-state index contributed by atoms with van der Waals surface area (Å²) >= 11 is 3.35. The van der Waals surface area contributed by atoms with E-state index in [0.29, 0.717) is 24.6 Å². The minimum Gasteiger partial charge on any atom is -0.282 e. The highest BCUT2D eigenvalue weighted by molar-refractivity contribution is 7.99. The summed E-state index contributed by atoms with van der Waals surface area (Å²) in [5.74, 6) is 1.34. The maximum atomic E-state index is 13.7. The molecule has 0 atom stereocenters. The molecule has 0 saturated heterocycles. The number of aromatic nitrogens is 3. The number of para-hydroxylation sites is 1. The van der Waals surface area contributed by atoms with Crippen molar-refractivity contribution in [2.45, 2.75) is 52.0 Å². The molecule has 2 aromatic heterocycles. The van der Waals surface area contributed by atoms with Crippen LogP contribution in [0.25, 0.3) is 10.2 Å². The molecule has 7 heteroatoms. The highest BCUT2D eigenvalue weighted by Gasteiger charge is 2.23. The van der Waals surface area contributed by atoms with Crippen LogP contribution in [0.15, 0.2) is 53.4 Å². The molecular weight excluding hydrogens is 448 g/mol. The van der Waals surface area contributed by atoms with Crippen LogP contribution in [0.5, 0.6) is 0 Å². The van der Waals surface area contributed by atoms with Gasteiger partial charge in [0, 0.05) is 22.7 Å². The van der Waals surface area contributed by atoms with E-state index in [9.17, 15) is 4.79 Å². The topological polar surface area (TPSA) is 51.0 Å². The Labute approximate surface area is 203 Å². The number of carbonyl (C=O) groups is 1. The molecule has 0 radical (unpaired) electrons. The zero-order valence-electron chi connectivity index (χ0n) is 19.8. The van der Waals surface area contributed by atoms with Gasteiger partial charge in [-0.2, -0.15) is 5.10 Å². The van der Waals surface area contributed by atoms with E-state index < -0.39 is 0 Å². The second kappa shape index (κ2) is 10.1. The van der Waals surface area contributed by atoms with Gasteiger partial charge in [0.15, 0.2) is 5.13 Å². The summed E-state index contributed by atoms with van der Waals surface area (Å²) < 4.78 is 3.07. The first-order valence-electron chi connectivity index (χ1n) is 11.3. The summed E-state index contributed by atoms with van der Waals surface area (Å²) in [7, 11) is 0. The van der Waals surface area contributed by atoms with Crippen LogP contribution in [0.2, 0.25) is 0 Å². The first kappa shape index (κ1) is 23.5. The van der Waals surface area contributed by atoms with Crippen molar-refractivity contribution in [3.05, 3.63) is 71.0 Å². The van der Waals surface area contributed by atoms with E-state index in [1.165, 1.54) is 10.5 Å². The Balaban J connectivity index is 1.70. The summed E-state index contributed by atoms with van der Waals surface area (Å²) in [6.07, 6.45) is 0. The molecule has 172 valence electrons. The lowest BCUT2D eigenvalue weighted by Crippen LogP contribution is -2.34. The smallest absolute Gasteiger partial charge is 0.260 e. The normalized spacial score (nSPS) is 11.5. The van der Waals surface area contributed by atoms with Gasteiger partial charge in [-0.1, -0.05) is 44.2 Å². The second-order valence-electron chi connectivity index (χ2n) is 8.41. The molecule has 4 rings (SSSR count). The first-order chi connectivity index (χ1) is 15.9. The number of benzene rings is 2. The Hall–Kier alpha value is -2.64. The number of carbonyl (C=O) groups excluding carboxylic acids is 1.